The Hall–Kier alpha value is -1.89. The fourth-order valence-corrected chi connectivity index (χ4v) is 3.94. The summed E-state index contributed by atoms with van der Waals surface area (Å²) in [6.07, 6.45) is 0. The maximum atomic E-state index is 12.4. The van der Waals surface area contributed by atoms with Crippen LogP contribution in [-0.4, -0.2) is 55.2 Å². The van der Waals surface area contributed by atoms with Crippen molar-refractivity contribution in [2.45, 2.75) is 4.90 Å². The number of piperazine rings is 1. The van der Waals surface area contributed by atoms with Gasteiger partial charge in [-0.05, 0) is 42.5 Å². The van der Waals surface area contributed by atoms with Crippen LogP contribution in [0.1, 0.15) is 0 Å². The van der Waals surface area contributed by atoms with E-state index in [1.54, 1.807) is 17.0 Å². The van der Waals surface area contributed by atoms with Gasteiger partial charge >= 0.3 is 0 Å². The molecule has 1 N–H and O–H groups in total. The molecule has 148 valence electrons. The van der Waals surface area contributed by atoms with Crippen LogP contribution in [0.3, 0.4) is 0 Å². The SMILES string of the molecule is O=C(CSc1ccc(Cl)cc1)NCC(=O)N1CCN(c2cccc(Cl)c2)CC1. The summed E-state index contributed by atoms with van der Waals surface area (Å²) in [6, 6.07) is 15.0. The molecule has 1 aliphatic heterocycles. The minimum Gasteiger partial charge on any atom is -0.368 e. The van der Waals surface area contributed by atoms with Crippen LogP contribution >= 0.6 is 35.0 Å². The van der Waals surface area contributed by atoms with Crippen molar-refractivity contribution in [2.24, 2.45) is 0 Å². The second-order valence-corrected chi connectivity index (χ2v) is 8.29. The van der Waals surface area contributed by atoms with Gasteiger partial charge in [-0.3, -0.25) is 9.59 Å². The molecule has 1 heterocycles. The van der Waals surface area contributed by atoms with Crippen molar-refractivity contribution in [3.8, 4) is 0 Å². The molecule has 1 saturated heterocycles. The molecular weight excluding hydrogens is 417 g/mol. The predicted molar refractivity (Wildman–Crippen MR) is 115 cm³/mol. The van der Waals surface area contributed by atoms with Gasteiger partial charge in [0.25, 0.3) is 0 Å². The topological polar surface area (TPSA) is 52.7 Å². The fraction of sp³-hybridized carbons (Fsp3) is 0.300. The van der Waals surface area contributed by atoms with Crippen molar-refractivity contribution in [1.29, 1.82) is 0 Å². The first-order valence-corrected chi connectivity index (χ1v) is 10.7. The largest absolute Gasteiger partial charge is 0.368 e. The Kier molecular flexibility index (Phi) is 7.48. The van der Waals surface area contributed by atoms with Crippen molar-refractivity contribution < 1.29 is 9.59 Å². The molecule has 0 atom stereocenters. The van der Waals surface area contributed by atoms with E-state index in [0.29, 0.717) is 23.1 Å². The lowest BCUT2D eigenvalue weighted by atomic mass is 10.2. The average Bonchev–Trinajstić information content (AvgIpc) is 2.71. The van der Waals surface area contributed by atoms with Gasteiger partial charge in [0.05, 0.1) is 12.3 Å². The molecule has 0 aliphatic carbocycles. The van der Waals surface area contributed by atoms with Gasteiger partial charge in [-0.2, -0.15) is 0 Å². The Balaban J connectivity index is 1.38. The number of amides is 2. The van der Waals surface area contributed by atoms with Gasteiger partial charge in [-0.15, -0.1) is 11.8 Å². The van der Waals surface area contributed by atoms with Crippen molar-refractivity contribution in [2.75, 3.05) is 43.4 Å². The zero-order chi connectivity index (χ0) is 19.9. The van der Waals surface area contributed by atoms with Gasteiger partial charge in [0.1, 0.15) is 0 Å². The third kappa shape index (κ3) is 6.06. The van der Waals surface area contributed by atoms with E-state index >= 15 is 0 Å². The summed E-state index contributed by atoms with van der Waals surface area (Å²) in [7, 11) is 0. The molecule has 0 saturated carbocycles. The molecule has 8 heteroatoms. The Morgan fingerprint density at radius 3 is 2.36 bits per heavy atom. The summed E-state index contributed by atoms with van der Waals surface area (Å²) in [5, 5.41) is 4.07. The summed E-state index contributed by atoms with van der Waals surface area (Å²) in [4.78, 5) is 29.3. The van der Waals surface area contributed by atoms with Crippen molar-refractivity contribution in [3.05, 3.63) is 58.6 Å². The summed E-state index contributed by atoms with van der Waals surface area (Å²) >= 11 is 13.3. The zero-order valence-corrected chi connectivity index (χ0v) is 17.6. The highest BCUT2D eigenvalue weighted by molar-refractivity contribution is 8.00. The molecule has 0 spiro atoms. The van der Waals surface area contributed by atoms with Crippen LogP contribution in [0.5, 0.6) is 0 Å². The van der Waals surface area contributed by atoms with E-state index in [9.17, 15) is 9.59 Å². The van der Waals surface area contributed by atoms with E-state index in [4.69, 9.17) is 23.2 Å². The normalized spacial score (nSPS) is 14.1. The third-order valence-corrected chi connectivity index (χ3v) is 5.93. The van der Waals surface area contributed by atoms with Crippen LogP contribution in [0.15, 0.2) is 53.4 Å². The van der Waals surface area contributed by atoms with Gasteiger partial charge < -0.3 is 15.1 Å². The maximum Gasteiger partial charge on any atom is 0.242 e. The number of carbonyl (C=O) groups excluding carboxylic acids is 2. The number of hydrogen-bond acceptors (Lipinski definition) is 4. The monoisotopic (exact) mass is 437 g/mol. The molecule has 3 rings (SSSR count). The summed E-state index contributed by atoms with van der Waals surface area (Å²) in [6.45, 7) is 2.76. The van der Waals surface area contributed by atoms with Gasteiger partial charge in [0.15, 0.2) is 0 Å². The fourth-order valence-electron chi connectivity index (χ4n) is 2.90. The van der Waals surface area contributed by atoms with Crippen LogP contribution in [-0.2, 0) is 9.59 Å². The van der Waals surface area contributed by atoms with Crippen LogP contribution in [0.2, 0.25) is 10.0 Å². The molecule has 2 aromatic carbocycles. The van der Waals surface area contributed by atoms with Crippen molar-refractivity contribution in [3.63, 3.8) is 0 Å². The number of carbonyl (C=O) groups is 2. The van der Waals surface area contributed by atoms with Crippen molar-refractivity contribution in [1.82, 2.24) is 10.2 Å². The second-order valence-electron chi connectivity index (χ2n) is 6.37. The molecule has 1 aliphatic rings. The highest BCUT2D eigenvalue weighted by Gasteiger charge is 2.21. The molecule has 1 fully saturated rings. The highest BCUT2D eigenvalue weighted by atomic mass is 35.5. The first-order valence-electron chi connectivity index (χ1n) is 8.94. The minimum absolute atomic E-state index is 0.0250. The lowest BCUT2D eigenvalue weighted by molar-refractivity contribution is -0.132. The van der Waals surface area contributed by atoms with E-state index in [-0.39, 0.29) is 24.1 Å². The molecule has 2 amide bonds. The Morgan fingerprint density at radius 2 is 1.68 bits per heavy atom. The number of anilines is 1. The number of rotatable bonds is 6. The number of thioether (sulfide) groups is 1. The first kappa shape index (κ1) is 20.8. The molecule has 0 unspecified atom stereocenters. The molecule has 2 aromatic rings. The summed E-state index contributed by atoms with van der Waals surface area (Å²) in [5.41, 5.74) is 1.06. The van der Waals surface area contributed by atoms with Gasteiger partial charge in [0, 0.05) is 46.8 Å². The Labute approximate surface area is 179 Å². The quantitative estimate of drug-likeness (QED) is 0.701. The Morgan fingerprint density at radius 1 is 0.964 bits per heavy atom. The predicted octanol–water partition coefficient (Wildman–Crippen LogP) is 3.55. The molecule has 28 heavy (non-hydrogen) atoms. The van der Waals surface area contributed by atoms with E-state index in [1.165, 1.54) is 11.8 Å². The smallest absolute Gasteiger partial charge is 0.242 e. The van der Waals surface area contributed by atoms with Crippen LogP contribution in [0.4, 0.5) is 5.69 Å². The lowest BCUT2D eigenvalue weighted by Crippen LogP contribution is -2.51. The molecule has 0 radical (unpaired) electrons. The first-order chi connectivity index (χ1) is 13.5. The van der Waals surface area contributed by atoms with E-state index < -0.39 is 0 Å². The summed E-state index contributed by atoms with van der Waals surface area (Å²) < 4.78 is 0. The minimum atomic E-state index is -0.161. The highest BCUT2D eigenvalue weighted by Crippen LogP contribution is 2.21. The molecule has 0 bridgehead atoms. The number of hydrogen-bond donors (Lipinski definition) is 1. The second kappa shape index (κ2) is 10.0. The average molecular weight is 438 g/mol. The van der Waals surface area contributed by atoms with Crippen LogP contribution in [0.25, 0.3) is 0 Å². The van der Waals surface area contributed by atoms with E-state index in [0.717, 1.165) is 23.7 Å². The molecule has 0 aromatic heterocycles. The zero-order valence-electron chi connectivity index (χ0n) is 15.2. The van der Waals surface area contributed by atoms with E-state index in [1.807, 2.05) is 36.4 Å². The Bertz CT molecular complexity index is 824. The number of halogens is 2. The summed E-state index contributed by atoms with van der Waals surface area (Å²) in [5.74, 6) is 0.0405. The lowest BCUT2D eigenvalue weighted by Gasteiger charge is -2.36. The van der Waals surface area contributed by atoms with Crippen LogP contribution in [0, 0.1) is 0 Å². The molecule has 5 nitrogen and oxygen atoms in total. The van der Waals surface area contributed by atoms with Crippen molar-refractivity contribution >= 4 is 52.5 Å². The van der Waals surface area contributed by atoms with Gasteiger partial charge in [-0.1, -0.05) is 29.3 Å². The molecular formula is C20H21Cl2N3O2S. The van der Waals surface area contributed by atoms with E-state index in [2.05, 4.69) is 10.2 Å². The van der Waals surface area contributed by atoms with Crippen LogP contribution < -0.4 is 10.2 Å². The third-order valence-electron chi connectivity index (χ3n) is 4.43. The standard InChI is InChI=1S/C20H21Cl2N3O2S/c21-15-4-6-18(7-5-15)28-14-19(26)23-13-20(27)25-10-8-24(9-11-25)17-3-1-2-16(22)12-17/h1-7,12H,8-11,13-14H2,(H,23,26). The number of benzene rings is 2. The number of nitrogens with one attached hydrogen (secondary N) is 1. The maximum absolute atomic E-state index is 12.4. The van der Waals surface area contributed by atoms with Gasteiger partial charge in [0.2, 0.25) is 11.8 Å². The number of nitrogens with zero attached hydrogens (tertiary/aromatic N) is 2. The van der Waals surface area contributed by atoms with Gasteiger partial charge in [-0.25, -0.2) is 0 Å².